The summed E-state index contributed by atoms with van der Waals surface area (Å²) in [6, 6.07) is 57.7. The number of fused-ring (bicyclic) bond motifs is 7. The lowest BCUT2D eigenvalue weighted by molar-refractivity contribution is -0.0399. The van der Waals surface area contributed by atoms with Gasteiger partial charge in [0, 0.05) is 42.3 Å². The van der Waals surface area contributed by atoms with Gasteiger partial charge in [-0.3, -0.25) is 0 Å². The second-order valence-electron chi connectivity index (χ2n) is 16.1. The molecule has 5 aliphatic carbocycles. The van der Waals surface area contributed by atoms with E-state index < -0.39 is 0 Å². The summed E-state index contributed by atoms with van der Waals surface area (Å²) in [5.41, 5.74) is 12.5. The Morgan fingerprint density at radius 2 is 1.12 bits per heavy atom. The highest BCUT2D eigenvalue weighted by molar-refractivity contribution is 7.25. The molecule has 4 saturated carbocycles. The maximum absolute atomic E-state index is 2.63. The molecule has 4 bridgehead atoms. The number of hydrogen-bond acceptors (Lipinski definition) is 2. The van der Waals surface area contributed by atoms with Crippen molar-refractivity contribution in [3.05, 3.63) is 163 Å². The highest BCUT2D eigenvalue weighted by atomic mass is 32.1. The van der Waals surface area contributed by atoms with Gasteiger partial charge >= 0.3 is 0 Å². The summed E-state index contributed by atoms with van der Waals surface area (Å²) in [4.78, 5) is 2.54. The van der Waals surface area contributed by atoms with Crippen molar-refractivity contribution in [1.82, 2.24) is 0 Å². The highest BCUT2D eigenvalue weighted by Crippen LogP contribution is 2.69. The summed E-state index contributed by atoms with van der Waals surface area (Å²) >= 11 is 1.88. The van der Waals surface area contributed by atoms with E-state index in [9.17, 15) is 0 Å². The Morgan fingerprint density at radius 3 is 1.96 bits per heavy atom. The maximum atomic E-state index is 2.63. The smallest absolute Gasteiger partial charge is 0.0540 e. The first-order valence-electron chi connectivity index (χ1n) is 19.3. The van der Waals surface area contributed by atoms with Crippen LogP contribution in [0.4, 0.5) is 17.1 Å². The van der Waals surface area contributed by atoms with E-state index in [1.54, 1.807) is 11.1 Å². The second-order valence-corrected chi connectivity index (χ2v) is 17.2. The standard InChI is InChI=1S/C50H39NS/c1-2-10-40-34(8-1)9-7-14-47(40)51(38-19-16-33(17-20-38)35-18-23-49-44(29-35)43-12-4-6-15-48(43)52-49)39-21-22-42-41-11-3-5-13-45(41)50(46(42)30-39)36-25-31-24-32(27-36)28-37(50)26-31/h1-23,29-32,36-37H,24-28H2. The average molecular weight is 686 g/mol. The van der Waals surface area contributed by atoms with Crippen LogP contribution >= 0.6 is 11.3 Å². The lowest BCUT2D eigenvalue weighted by Gasteiger charge is -2.61. The van der Waals surface area contributed by atoms with Crippen molar-refractivity contribution in [2.45, 2.75) is 37.5 Å². The van der Waals surface area contributed by atoms with E-state index in [4.69, 9.17) is 0 Å². The molecule has 0 saturated heterocycles. The minimum Gasteiger partial charge on any atom is -0.310 e. The third-order valence-corrected chi connectivity index (χ3v) is 14.8. The number of anilines is 3. The van der Waals surface area contributed by atoms with Crippen LogP contribution < -0.4 is 4.90 Å². The molecule has 250 valence electrons. The van der Waals surface area contributed by atoms with E-state index in [1.807, 2.05) is 11.3 Å². The number of hydrogen-bond donors (Lipinski definition) is 0. The van der Waals surface area contributed by atoms with Gasteiger partial charge < -0.3 is 4.90 Å². The summed E-state index contributed by atoms with van der Waals surface area (Å²) in [6.45, 7) is 0. The lowest BCUT2D eigenvalue weighted by Crippen LogP contribution is -2.55. The van der Waals surface area contributed by atoms with Gasteiger partial charge in [0.05, 0.1) is 5.69 Å². The van der Waals surface area contributed by atoms with Crippen LogP contribution in [0.5, 0.6) is 0 Å². The van der Waals surface area contributed by atoms with Crippen LogP contribution in [0, 0.1) is 23.7 Å². The van der Waals surface area contributed by atoms with Crippen LogP contribution in [0.2, 0.25) is 0 Å². The van der Waals surface area contributed by atoms with E-state index in [-0.39, 0.29) is 5.41 Å². The molecule has 1 heterocycles. The molecular weight excluding hydrogens is 647 g/mol. The molecule has 0 N–H and O–H groups in total. The Labute approximate surface area is 309 Å². The van der Waals surface area contributed by atoms with Crippen LogP contribution in [0.3, 0.4) is 0 Å². The predicted molar refractivity (Wildman–Crippen MR) is 220 cm³/mol. The first-order valence-corrected chi connectivity index (χ1v) is 20.1. The fourth-order valence-corrected chi connectivity index (χ4v) is 12.9. The Bertz CT molecular complexity index is 2680. The van der Waals surface area contributed by atoms with Gasteiger partial charge in [-0.2, -0.15) is 0 Å². The van der Waals surface area contributed by atoms with Crippen molar-refractivity contribution in [2.75, 3.05) is 4.90 Å². The largest absolute Gasteiger partial charge is 0.310 e. The zero-order valence-corrected chi connectivity index (χ0v) is 30.0. The second kappa shape index (κ2) is 10.9. The molecule has 52 heavy (non-hydrogen) atoms. The number of rotatable bonds is 4. The highest BCUT2D eigenvalue weighted by Gasteiger charge is 2.61. The van der Waals surface area contributed by atoms with Crippen molar-refractivity contribution < 1.29 is 0 Å². The molecule has 5 aliphatic rings. The summed E-state index contributed by atoms with van der Waals surface area (Å²) < 4.78 is 2.70. The Morgan fingerprint density at radius 1 is 0.462 bits per heavy atom. The molecule has 1 nitrogen and oxygen atoms in total. The zero-order valence-electron chi connectivity index (χ0n) is 29.1. The Hall–Kier alpha value is -5.18. The molecule has 0 amide bonds. The van der Waals surface area contributed by atoms with Gasteiger partial charge in [-0.1, -0.05) is 103 Å². The monoisotopic (exact) mass is 685 g/mol. The van der Waals surface area contributed by atoms with Gasteiger partial charge in [0.15, 0.2) is 0 Å². The molecule has 0 unspecified atom stereocenters. The quantitative estimate of drug-likeness (QED) is 0.178. The minimum atomic E-state index is 0.133. The van der Waals surface area contributed by atoms with Gasteiger partial charge in [-0.25, -0.2) is 0 Å². The van der Waals surface area contributed by atoms with Crippen molar-refractivity contribution in [2.24, 2.45) is 23.7 Å². The van der Waals surface area contributed by atoms with E-state index in [0.717, 1.165) is 23.7 Å². The van der Waals surface area contributed by atoms with Gasteiger partial charge in [0.1, 0.15) is 0 Å². The third-order valence-electron chi connectivity index (χ3n) is 13.6. The molecule has 1 aromatic heterocycles. The van der Waals surface area contributed by atoms with E-state index in [0.29, 0.717) is 0 Å². The predicted octanol–water partition coefficient (Wildman–Crippen LogP) is 14.1. The summed E-state index contributed by atoms with van der Waals surface area (Å²) in [7, 11) is 0. The topological polar surface area (TPSA) is 3.24 Å². The molecule has 0 atom stereocenters. The number of nitrogens with zero attached hydrogens (tertiary/aromatic N) is 1. The van der Waals surface area contributed by atoms with E-state index in [2.05, 4.69) is 157 Å². The van der Waals surface area contributed by atoms with Crippen molar-refractivity contribution in [3.63, 3.8) is 0 Å². The van der Waals surface area contributed by atoms with Gasteiger partial charge in [0.2, 0.25) is 0 Å². The van der Waals surface area contributed by atoms with Crippen molar-refractivity contribution >= 4 is 59.3 Å². The number of benzene rings is 7. The summed E-state index contributed by atoms with van der Waals surface area (Å²) in [6.07, 6.45) is 7.05. The van der Waals surface area contributed by atoms with Crippen LogP contribution in [-0.2, 0) is 5.41 Å². The normalized spacial score (nSPS) is 23.8. The van der Waals surface area contributed by atoms with Crippen LogP contribution in [0.25, 0.3) is 53.2 Å². The SMILES string of the molecule is c1ccc2c(c1)-c1ccc(N(c3ccc(-c4ccc5sc6ccccc6c5c4)cc3)c3cccc4ccccc34)cc1C21C2CC3CC(C2)CC1C3. The van der Waals surface area contributed by atoms with E-state index in [1.165, 1.54) is 102 Å². The summed E-state index contributed by atoms with van der Waals surface area (Å²) in [5.74, 6) is 3.34. The summed E-state index contributed by atoms with van der Waals surface area (Å²) in [5, 5.41) is 5.23. The molecule has 4 fully saturated rings. The van der Waals surface area contributed by atoms with Crippen LogP contribution in [0.1, 0.15) is 43.2 Å². The first kappa shape index (κ1) is 29.4. The van der Waals surface area contributed by atoms with Crippen LogP contribution in [-0.4, -0.2) is 0 Å². The molecule has 0 aliphatic heterocycles. The molecule has 8 aromatic rings. The fourth-order valence-electron chi connectivity index (χ4n) is 11.8. The van der Waals surface area contributed by atoms with Gasteiger partial charge in [0.25, 0.3) is 0 Å². The number of thiophene rings is 1. The van der Waals surface area contributed by atoms with Crippen molar-refractivity contribution in [1.29, 1.82) is 0 Å². The molecule has 1 spiro atoms. The average Bonchev–Trinajstić information content (AvgIpc) is 3.70. The lowest BCUT2D eigenvalue weighted by atomic mass is 9.43. The molecular formula is C50H39NS. The minimum absolute atomic E-state index is 0.133. The molecule has 13 rings (SSSR count). The Balaban J connectivity index is 1.03. The maximum Gasteiger partial charge on any atom is 0.0540 e. The first-order chi connectivity index (χ1) is 25.7. The fraction of sp³-hybridized carbons (Fsp3) is 0.200. The van der Waals surface area contributed by atoms with Crippen molar-refractivity contribution in [3.8, 4) is 22.3 Å². The van der Waals surface area contributed by atoms with E-state index >= 15 is 0 Å². The van der Waals surface area contributed by atoms with Gasteiger partial charge in [-0.15, -0.1) is 11.3 Å². The molecule has 2 heteroatoms. The Kier molecular flexibility index (Phi) is 6.17. The third kappa shape index (κ3) is 4.05. The zero-order chi connectivity index (χ0) is 34.0. The molecule has 7 aromatic carbocycles. The van der Waals surface area contributed by atoms with Crippen LogP contribution in [0.15, 0.2) is 152 Å². The molecule has 0 radical (unpaired) electrons. The van der Waals surface area contributed by atoms with Gasteiger partial charge in [-0.05, 0) is 143 Å².